The lowest BCUT2D eigenvalue weighted by molar-refractivity contribution is -0.151. The van der Waals surface area contributed by atoms with Gasteiger partial charge in [-0.3, -0.25) is 4.79 Å². The van der Waals surface area contributed by atoms with E-state index in [1.165, 1.54) is 77.0 Å². The standard InChI is InChI=1S/C38H64O2/c1-8-10-11-12-13-14-15-36(39)40-31-22-24-37(6)30(26-31)18-19-32-34-21-20-33(38(34,7)25-23-35(32)37)28(5)16-17-29(9-2)27(3)4/h16-18,27-29,31-35H,8-15,19-26H2,1-7H3/b17-16+/t28-,29-,31+,32+,33-,34+,35+,37+,38-/m1/s1. The molecule has 3 fully saturated rings. The van der Waals surface area contributed by atoms with Crippen molar-refractivity contribution in [3.63, 3.8) is 0 Å². The summed E-state index contributed by atoms with van der Waals surface area (Å²) in [4.78, 5) is 12.6. The van der Waals surface area contributed by atoms with Gasteiger partial charge in [-0.15, -0.1) is 0 Å². The van der Waals surface area contributed by atoms with Crippen LogP contribution in [0.15, 0.2) is 23.8 Å². The molecule has 4 aliphatic carbocycles. The number of rotatable bonds is 13. The Hall–Kier alpha value is -1.05. The molecule has 0 amide bonds. The van der Waals surface area contributed by atoms with Crippen LogP contribution in [0.4, 0.5) is 0 Å². The normalized spacial score (nSPS) is 37.0. The van der Waals surface area contributed by atoms with Crippen LogP contribution in [0.2, 0.25) is 0 Å². The van der Waals surface area contributed by atoms with Crippen LogP contribution in [0.3, 0.4) is 0 Å². The SMILES string of the molecule is CCCCCCCCC(=O)O[C@H]1CC[C@@]2(C)C(=CC[C@H]3[C@@H]4CC[C@H]([C@H](C)/C=C/[C@@H](CC)C(C)C)[C@@]4(C)CC[C@@H]32)C1. The molecule has 0 aromatic rings. The number of ether oxygens (including phenoxy) is 1. The van der Waals surface area contributed by atoms with Crippen LogP contribution >= 0.6 is 0 Å². The second-order valence-electron chi connectivity index (χ2n) is 15.4. The molecule has 0 spiro atoms. The van der Waals surface area contributed by atoms with Crippen molar-refractivity contribution < 1.29 is 9.53 Å². The van der Waals surface area contributed by atoms with Crippen LogP contribution in [0.1, 0.15) is 151 Å². The Morgan fingerprint density at radius 2 is 1.70 bits per heavy atom. The maximum absolute atomic E-state index is 12.6. The van der Waals surface area contributed by atoms with E-state index in [9.17, 15) is 4.79 Å². The third kappa shape index (κ3) is 6.78. The first-order valence-electron chi connectivity index (χ1n) is 17.7. The molecule has 0 bridgehead atoms. The van der Waals surface area contributed by atoms with Gasteiger partial charge in [0.25, 0.3) is 0 Å². The van der Waals surface area contributed by atoms with E-state index in [0.29, 0.717) is 23.2 Å². The fraction of sp³-hybridized carbons (Fsp3) is 0.868. The Kier molecular flexibility index (Phi) is 11.1. The minimum atomic E-state index is 0.0469. The average molecular weight is 553 g/mol. The van der Waals surface area contributed by atoms with Crippen LogP contribution in [-0.4, -0.2) is 12.1 Å². The van der Waals surface area contributed by atoms with Crippen molar-refractivity contribution in [3.05, 3.63) is 23.8 Å². The molecule has 4 rings (SSSR count). The first-order valence-corrected chi connectivity index (χ1v) is 17.7. The van der Waals surface area contributed by atoms with Crippen LogP contribution in [-0.2, 0) is 9.53 Å². The van der Waals surface area contributed by atoms with Crippen molar-refractivity contribution in [3.8, 4) is 0 Å². The van der Waals surface area contributed by atoms with E-state index in [0.717, 1.165) is 54.8 Å². The predicted octanol–water partition coefficient (Wildman–Crippen LogP) is 11.1. The summed E-state index contributed by atoms with van der Waals surface area (Å²) in [6, 6.07) is 0. The van der Waals surface area contributed by atoms with Gasteiger partial charge in [0.2, 0.25) is 0 Å². The second kappa shape index (κ2) is 13.9. The minimum absolute atomic E-state index is 0.0469. The first kappa shape index (κ1) is 31.9. The van der Waals surface area contributed by atoms with E-state index in [-0.39, 0.29) is 12.1 Å². The van der Waals surface area contributed by atoms with Crippen LogP contribution in [0, 0.1) is 52.3 Å². The van der Waals surface area contributed by atoms with Crippen molar-refractivity contribution in [1.82, 2.24) is 0 Å². The van der Waals surface area contributed by atoms with Gasteiger partial charge in [0.15, 0.2) is 0 Å². The van der Waals surface area contributed by atoms with Crippen molar-refractivity contribution in [1.29, 1.82) is 0 Å². The van der Waals surface area contributed by atoms with Crippen molar-refractivity contribution in [2.45, 2.75) is 157 Å². The fourth-order valence-corrected chi connectivity index (χ4v) is 10.2. The van der Waals surface area contributed by atoms with Gasteiger partial charge in [0, 0.05) is 12.8 Å². The highest BCUT2D eigenvalue weighted by molar-refractivity contribution is 5.69. The zero-order chi connectivity index (χ0) is 28.9. The maximum atomic E-state index is 12.6. The third-order valence-electron chi connectivity index (χ3n) is 12.8. The lowest BCUT2D eigenvalue weighted by atomic mass is 9.47. The maximum Gasteiger partial charge on any atom is 0.306 e. The van der Waals surface area contributed by atoms with Crippen molar-refractivity contribution in [2.75, 3.05) is 0 Å². The molecular weight excluding hydrogens is 488 g/mol. The largest absolute Gasteiger partial charge is 0.462 e. The predicted molar refractivity (Wildman–Crippen MR) is 170 cm³/mol. The van der Waals surface area contributed by atoms with Gasteiger partial charge in [-0.25, -0.2) is 0 Å². The van der Waals surface area contributed by atoms with Gasteiger partial charge in [0.05, 0.1) is 0 Å². The van der Waals surface area contributed by atoms with E-state index in [1.54, 1.807) is 5.57 Å². The van der Waals surface area contributed by atoms with E-state index in [4.69, 9.17) is 4.74 Å². The molecule has 0 aliphatic heterocycles. The summed E-state index contributed by atoms with van der Waals surface area (Å²) in [5, 5.41) is 0. The molecule has 2 heteroatoms. The number of hydrogen-bond donors (Lipinski definition) is 0. The highest BCUT2D eigenvalue weighted by atomic mass is 16.5. The Labute approximate surface area is 248 Å². The molecule has 40 heavy (non-hydrogen) atoms. The van der Waals surface area contributed by atoms with Crippen molar-refractivity contribution in [2.24, 2.45) is 52.3 Å². The molecule has 3 saturated carbocycles. The molecule has 228 valence electrons. The van der Waals surface area contributed by atoms with Crippen LogP contribution in [0.5, 0.6) is 0 Å². The zero-order valence-electron chi connectivity index (χ0n) is 27.5. The van der Waals surface area contributed by atoms with Crippen LogP contribution < -0.4 is 0 Å². The van der Waals surface area contributed by atoms with Gasteiger partial charge in [-0.1, -0.05) is 104 Å². The van der Waals surface area contributed by atoms with E-state index >= 15 is 0 Å². The van der Waals surface area contributed by atoms with Gasteiger partial charge >= 0.3 is 5.97 Å². The zero-order valence-corrected chi connectivity index (χ0v) is 27.5. The average Bonchev–Trinajstić information content (AvgIpc) is 3.28. The lowest BCUT2D eigenvalue weighted by Gasteiger charge is -2.58. The minimum Gasteiger partial charge on any atom is -0.462 e. The summed E-state index contributed by atoms with van der Waals surface area (Å²) in [6.45, 7) is 17.1. The summed E-state index contributed by atoms with van der Waals surface area (Å²) in [5.74, 6) is 5.56. The molecule has 0 aromatic carbocycles. The van der Waals surface area contributed by atoms with Gasteiger partial charge < -0.3 is 4.74 Å². The lowest BCUT2D eigenvalue weighted by Crippen LogP contribution is -2.51. The quantitative estimate of drug-likeness (QED) is 0.129. The smallest absolute Gasteiger partial charge is 0.306 e. The van der Waals surface area contributed by atoms with Crippen LogP contribution in [0.25, 0.3) is 0 Å². The molecule has 0 aromatic heterocycles. The van der Waals surface area contributed by atoms with Gasteiger partial charge in [-0.2, -0.15) is 0 Å². The molecule has 0 heterocycles. The van der Waals surface area contributed by atoms with Gasteiger partial charge in [-0.05, 0) is 110 Å². The number of fused-ring (bicyclic) bond motifs is 5. The molecular formula is C38H64O2. The molecule has 2 nitrogen and oxygen atoms in total. The highest BCUT2D eigenvalue weighted by Gasteiger charge is 2.59. The summed E-state index contributed by atoms with van der Waals surface area (Å²) in [5.41, 5.74) is 2.45. The van der Waals surface area contributed by atoms with E-state index in [1.807, 2.05) is 0 Å². The Morgan fingerprint density at radius 3 is 2.42 bits per heavy atom. The number of esters is 1. The third-order valence-corrected chi connectivity index (χ3v) is 12.8. The summed E-state index contributed by atoms with van der Waals surface area (Å²) in [7, 11) is 0. The molecule has 0 radical (unpaired) electrons. The number of carbonyl (C=O) groups is 1. The summed E-state index contributed by atoms with van der Waals surface area (Å²) >= 11 is 0. The van der Waals surface area contributed by atoms with E-state index in [2.05, 4.69) is 66.7 Å². The monoisotopic (exact) mass is 552 g/mol. The number of hydrogen-bond acceptors (Lipinski definition) is 2. The molecule has 4 aliphatic rings. The fourth-order valence-electron chi connectivity index (χ4n) is 10.2. The summed E-state index contributed by atoms with van der Waals surface area (Å²) < 4.78 is 6.05. The Balaban J connectivity index is 1.34. The number of unbranched alkanes of at least 4 members (excludes halogenated alkanes) is 5. The molecule has 0 N–H and O–H groups in total. The number of allylic oxidation sites excluding steroid dienone is 3. The topological polar surface area (TPSA) is 26.3 Å². The second-order valence-corrected chi connectivity index (χ2v) is 15.4. The Morgan fingerprint density at radius 1 is 0.950 bits per heavy atom. The molecule has 9 atom stereocenters. The molecule has 0 unspecified atom stereocenters. The Bertz CT molecular complexity index is 884. The van der Waals surface area contributed by atoms with E-state index < -0.39 is 0 Å². The van der Waals surface area contributed by atoms with Crippen molar-refractivity contribution >= 4 is 5.97 Å². The summed E-state index contributed by atoms with van der Waals surface area (Å²) in [6.07, 6.45) is 27.2. The number of carbonyl (C=O) groups excluding carboxylic acids is 1. The van der Waals surface area contributed by atoms with Gasteiger partial charge in [0.1, 0.15) is 6.10 Å². The highest BCUT2D eigenvalue weighted by Crippen LogP contribution is 2.67. The molecule has 0 saturated heterocycles. The first-order chi connectivity index (χ1) is 19.1.